The number of fused-ring (bicyclic) bond motifs is 2. The van der Waals surface area contributed by atoms with Crippen LogP contribution in [0, 0.1) is 5.82 Å². The topological polar surface area (TPSA) is 29.3 Å². The quantitative estimate of drug-likeness (QED) is 0.796. The largest absolute Gasteiger partial charge is 0.398 e. The molecule has 22 heavy (non-hydrogen) atoms. The first-order valence-corrected chi connectivity index (χ1v) is 7.66. The van der Waals surface area contributed by atoms with Gasteiger partial charge in [0.15, 0.2) is 0 Å². The van der Waals surface area contributed by atoms with E-state index in [0.29, 0.717) is 0 Å². The second kappa shape index (κ2) is 5.81. The van der Waals surface area contributed by atoms with Crippen LogP contribution in [0.1, 0.15) is 35.6 Å². The Morgan fingerprint density at radius 3 is 2.86 bits per heavy atom. The maximum Gasteiger partial charge on any atom is 0.123 e. The molecule has 0 radical (unpaired) electrons. The lowest BCUT2D eigenvalue weighted by molar-refractivity contribution is 0.572. The number of aryl methyl sites for hydroxylation is 1. The van der Waals surface area contributed by atoms with Gasteiger partial charge in [0.1, 0.15) is 5.82 Å². The van der Waals surface area contributed by atoms with E-state index in [-0.39, 0.29) is 24.3 Å². The lowest BCUT2D eigenvalue weighted by Crippen LogP contribution is -2.32. The summed E-state index contributed by atoms with van der Waals surface area (Å²) in [4.78, 5) is 2.43. The van der Waals surface area contributed by atoms with Gasteiger partial charge < -0.3 is 10.6 Å². The average molecular weight is 319 g/mol. The van der Waals surface area contributed by atoms with Gasteiger partial charge in [0.05, 0.1) is 6.04 Å². The fraction of sp³-hybridized carbons (Fsp3) is 0.333. The van der Waals surface area contributed by atoms with E-state index in [9.17, 15) is 4.39 Å². The molecule has 1 aliphatic heterocycles. The summed E-state index contributed by atoms with van der Waals surface area (Å²) in [5.41, 5.74) is 12.0. The highest BCUT2D eigenvalue weighted by Crippen LogP contribution is 2.42. The molecule has 0 saturated heterocycles. The van der Waals surface area contributed by atoms with E-state index in [0.717, 1.165) is 43.5 Å². The summed E-state index contributed by atoms with van der Waals surface area (Å²) in [6, 6.07) is 11.7. The van der Waals surface area contributed by atoms with Crippen LogP contribution in [0.2, 0.25) is 0 Å². The van der Waals surface area contributed by atoms with Crippen molar-refractivity contribution in [1.29, 1.82) is 0 Å². The molecule has 1 atom stereocenters. The highest BCUT2D eigenvalue weighted by Gasteiger charge is 2.31. The van der Waals surface area contributed by atoms with Crippen LogP contribution in [-0.4, -0.2) is 6.54 Å². The van der Waals surface area contributed by atoms with Crippen molar-refractivity contribution in [2.24, 2.45) is 0 Å². The number of nitrogen functional groups attached to an aromatic ring is 1. The first kappa shape index (κ1) is 15.2. The Balaban J connectivity index is 0.00000144. The van der Waals surface area contributed by atoms with E-state index in [1.54, 1.807) is 12.1 Å². The minimum absolute atomic E-state index is 0. The molecule has 1 heterocycles. The zero-order chi connectivity index (χ0) is 14.4. The Labute approximate surface area is 136 Å². The fourth-order valence-electron chi connectivity index (χ4n) is 3.88. The third-order valence-electron chi connectivity index (χ3n) is 4.85. The maximum atomic E-state index is 13.6. The van der Waals surface area contributed by atoms with Crippen LogP contribution in [0.4, 0.5) is 15.8 Å². The van der Waals surface area contributed by atoms with Gasteiger partial charge in [-0.2, -0.15) is 0 Å². The first-order valence-electron chi connectivity index (χ1n) is 7.66. The SMILES string of the molecule is Cl.Nc1cccc2c1CCCN2C1CCc2ccc(F)cc21. The van der Waals surface area contributed by atoms with E-state index in [1.807, 2.05) is 18.2 Å². The number of rotatable bonds is 1. The summed E-state index contributed by atoms with van der Waals surface area (Å²) < 4.78 is 13.6. The van der Waals surface area contributed by atoms with Crippen LogP contribution in [-0.2, 0) is 12.8 Å². The Morgan fingerprint density at radius 2 is 2.00 bits per heavy atom. The molecule has 1 unspecified atom stereocenters. The minimum atomic E-state index is -0.134. The average Bonchev–Trinajstić information content (AvgIpc) is 2.90. The summed E-state index contributed by atoms with van der Waals surface area (Å²) in [5, 5.41) is 0. The van der Waals surface area contributed by atoms with E-state index >= 15 is 0 Å². The predicted octanol–water partition coefficient (Wildman–Crippen LogP) is 4.27. The van der Waals surface area contributed by atoms with Crippen molar-refractivity contribution < 1.29 is 4.39 Å². The van der Waals surface area contributed by atoms with Crippen LogP contribution in [0.25, 0.3) is 0 Å². The van der Waals surface area contributed by atoms with Crippen LogP contribution < -0.4 is 10.6 Å². The van der Waals surface area contributed by atoms with Gasteiger partial charge >= 0.3 is 0 Å². The van der Waals surface area contributed by atoms with Gasteiger partial charge in [-0.05, 0) is 66.6 Å². The lowest BCUT2D eigenvalue weighted by Gasteiger charge is -2.37. The van der Waals surface area contributed by atoms with Crippen molar-refractivity contribution in [2.75, 3.05) is 17.2 Å². The molecule has 0 aromatic heterocycles. The molecule has 0 spiro atoms. The predicted molar refractivity (Wildman–Crippen MR) is 91.2 cm³/mol. The first-order chi connectivity index (χ1) is 10.2. The van der Waals surface area contributed by atoms with Crippen LogP contribution in [0.3, 0.4) is 0 Å². The molecule has 1 aliphatic carbocycles. The monoisotopic (exact) mass is 318 g/mol. The fourth-order valence-corrected chi connectivity index (χ4v) is 3.88. The number of nitrogens with zero attached hydrogens (tertiary/aromatic N) is 1. The summed E-state index contributed by atoms with van der Waals surface area (Å²) in [7, 11) is 0. The van der Waals surface area contributed by atoms with Gasteiger partial charge in [0.25, 0.3) is 0 Å². The maximum absolute atomic E-state index is 13.6. The Morgan fingerprint density at radius 1 is 1.14 bits per heavy atom. The highest BCUT2D eigenvalue weighted by atomic mass is 35.5. The van der Waals surface area contributed by atoms with Crippen molar-refractivity contribution in [1.82, 2.24) is 0 Å². The van der Waals surface area contributed by atoms with Gasteiger partial charge in [0, 0.05) is 17.9 Å². The van der Waals surface area contributed by atoms with E-state index in [1.165, 1.54) is 16.8 Å². The Hall–Kier alpha value is -1.74. The molecular weight excluding hydrogens is 299 g/mol. The molecule has 0 fully saturated rings. The molecule has 2 aromatic rings. The van der Waals surface area contributed by atoms with Gasteiger partial charge in [-0.25, -0.2) is 4.39 Å². The Kier molecular flexibility index (Phi) is 4.00. The van der Waals surface area contributed by atoms with Crippen LogP contribution >= 0.6 is 12.4 Å². The van der Waals surface area contributed by atoms with E-state index in [4.69, 9.17) is 5.73 Å². The van der Waals surface area contributed by atoms with Gasteiger partial charge in [-0.15, -0.1) is 12.4 Å². The summed E-state index contributed by atoms with van der Waals surface area (Å²) in [5.74, 6) is -0.134. The molecule has 4 heteroatoms. The Bertz CT molecular complexity index is 701. The van der Waals surface area contributed by atoms with Gasteiger partial charge in [0.2, 0.25) is 0 Å². The minimum Gasteiger partial charge on any atom is -0.398 e. The number of hydrogen-bond acceptors (Lipinski definition) is 2. The molecule has 0 saturated carbocycles. The van der Waals surface area contributed by atoms with Crippen molar-refractivity contribution in [3.8, 4) is 0 Å². The van der Waals surface area contributed by atoms with Gasteiger partial charge in [-0.1, -0.05) is 12.1 Å². The van der Waals surface area contributed by atoms with Crippen molar-refractivity contribution in [3.05, 3.63) is 58.9 Å². The third-order valence-corrected chi connectivity index (χ3v) is 4.85. The normalized spacial score (nSPS) is 19.3. The molecule has 2 aliphatic rings. The standard InChI is InChI=1S/C18H19FN2.ClH/c19-13-8-6-12-7-9-18(15(12)11-13)21-10-2-3-14-16(20)4-1-5-17(14)21;/h1,4-6,8,11,18H,2-3,7,9-10,20H2;1H. The smallest absolute Gasteiger partial charge is 0.123 e. The van der Waals surface area contributed by atoms with Crippen LogP contribution in [0.5, 0.6) is 0 Å². The molecule has 116 valence electrons. The number of anilines is 2. The third kappa shape index (κ3) is 2.34. The molecule has 4 rings (SSSR count). The molecule has 2 aromatic carbocycles. The number of nitrogens with two attached hydrogens (primary N) is 1. The summed E-state index contributed by atoms with van der Waals surface area (Å²) in [6.45, 7) is 1.02. The second-order valence-electron chi connectivity index (χ2n) is 6.04. The van der Waals surface area contributed by atoms with Crippen molar-refractivity contribution in [2.45, 2.75) is 31.7 Å². The summed E-state index contributed by atoms with van der Waals surface area (Å²) in [6.07, 6.45) is 4.26. The summed E-state index contributed by atoms with van der Waals surface area (Å²) >= 11 is 0. The molecule has 0 amide bonds. The molecule has 2 N–H and O–H groups in total. The second-order valence-corrected chi connectivity index (χ2v) is 6.04. The molecule has 2 nitrogen and oxygen atoms in total. The van der Waals surface area contributed by atoms with Crippen molar-refractivity contribution >= 4 is 23.8 Å². The molecular formula is C18H20ClFN2. The highest BCUT2D eigenvalue weighted by molar-refractivity contribution is 5.85. The van der Waals surface area contributed by atoms with E-state index in [2.05, 4.69) is 11.0 Å². The van der Waals surface area contributed by atoms with Crippen LogP contribution in [0.15, 0.2) is 36.4 Å². The number of halogens is 2. The van der Waals surface area contributed by atoms with Gasteiger partial charge in [-0.3, -0.25) is 0 Å². The molecule has 0 bridgehead atoms. The van der Waals surface area contributed by atoms with Crippen molar-refractivity contribution in [3.63, 3.8) is 0 Å². The number of hydrogen-bond donors (Lipinski definition) is 1. The van der Waals surface area contributed by atoms with E-state index < -0.39 is 0 Å². The zero-order valence-corrected chi connectivity index (χ0v) is 13.2. The number of benzene rings is 2. The zero-order valence-electron chi connectivity index (χ0n) is 12.4. The lowest BCUT2D eigenvalue weighted by atomic mass is 9.96.